The van der Waals surface area contributed by atoms with E-state index < -0.39 is 6.09 Å². The highest BCUT2D eigenvalue weighted by Gasteiger charge is 2.38. The van der Waals surface area contributed by atoms with E-state index in [4.69, 9.17) is 32.0 Å². The van der Waals surface area contributed by atoms with E-state index in [1.165, 1.54) is 11.8 Å². The topological polar surface area (TPSA) is 138 Å². The largest absolute Gasteiger partial charge is 0.446 e. The maximum Gasteiger partial charge on any atom is 0.404 e. The summed E-state index contributed by atoms with van der Waals surface area (Å²) in [7, 11) is 0. The molecule has 4 heterocycles. The van der Waals surface area contributed by atoms with Gasteiger partial charge >= 0.3 is 6.09 Å². The van der Waals surface area contributed by atoms with Crippen molar-refractivity contribution in [3.8, 4) is 0 Å². The zero-order valence-electron chi connectivity index (χ0n) is 20.1. The number of carbonyl (C=O) groups excluding carboxylic acids is 1. The Balaban J connectivity index is 1.51. The number of rotatable bonds is 7. The monoisotopic (exact) mass is 522 g/mol. The normalized spacial score (nSPS) is 18.8. The second kappa shape index (κ2) is 10.3. The average molecular weight is 523 g/mol. The van der Waals surface area contributed by atoms with E-state index in [2.05, 4.69) is 16.8 Å². The third-order valence-electron chi connectivity index (χ3n) is 6.91. The van der Waals surface area contributed by atoms with Crippen molar-refractivity contribution in [1.29, 1.82) is 0 Å². The van der Waals surface area contributed by atoms with Gasteiger partial charge < -0.3 is 30.5 Å². The van der Waals surface area contributed by atoms with Crippen LogP contribution in [0.2, 0.25) is 5.02 Å². The van der Waals surface area contributed by atoms with Gasteiger partial charge in [0.15, 0.2) is 5.82 Å². The number of amides is 1. The molecule has 0 spiro atoms. The number of aliphatic hydroxyl groups is 2. The van der Waals surface area contributed by atoms with Gasteiger partial charge in [0.05, 0.1) is 23.4 Å². The molecule has 2 aromatic heterocycles. The number of carbonyl (C=O) groups is 1. The Labute approximate surface area is 213 Å². The number of anilines is 2. The molecule has 0 aromatic carbocycles. The van der Waals surface area contributed by atoms with Gasteiger partial charge in [-0.2, -0.15) is 0 Å². The van der Waals surface area contributed by atoms with Crippen molar-refractivity contribution in [3.05, 3.63) is 28.7 Å². The molecule has 2 fully saturated rings. The van der Waals surface area contributed by atoms with Crippen LogP contribution < -0.4 is 15.5 Å². The summed E-state index contributed by atoms with van der Waals surface area (Å²) in [6.45, 7) is 8.00. The Bertz CT molecular complexity index is 1090. The summed E-state index contributed by atoms with van der Waals surface area (Å²) in [5.74, 6) is 1.30. The van der Waals surface area contributed by atoms with Crippen LogP contribution in [0.5, 0.6) is 0 Å². The molecule has 35 heavy (non-hydrogen) atoms. The lowest BCUT2D eigenvalue weighted by molar-refractivity contribution is 0.0159. The number of nitrogens with zero attached hydrogens (tertiary/aromatic N) is 5. The van der Waals surface area contributed by atoms with E-state index in [9.17, 15) is 15.0 Å². The molecule has 0 bridgehead atoms. The van der Waals surface area contributed by atoms with E-state index >= 15 is 0 Å². The summed E-state index contributed by atoms with van der Waals surface area (Å²) >= 11 is 8.00. The Morgan fingerprint density at radius 2 is 2.00 bits per heavy atom. The number of halogens is 1. The van der Waals surface area contributed by atoms with Crippen molar-refractivity contribution < 1.29 is 19.7 Å². The lowest BCUT2D eigenvalue weighted by Gasteiger charge is -2.43. The van der Waals surface area contributed by atoms with Gasteiger partial charge in [0, 0.05) is 42.7 Å². The van der Waals surface area contributed by atoms with E-state index in [0.717, 1.165) is 23.4 Å². The van der Waals surface area contributed by atoms with Crippen molar-refractivity contribution in [3.63, 3.8) is 0 Å². The van der Waals surface area contributed by atoms with Gasteiger partial charge in [0.1, 0.15) is 22.6 Å². The van der Waals surface area contributed by atoms with Crippen molar-refractivity contribution in [2.45, 2.75) is 62.3 Å². The molecule has 1 atom stereocenters. The number of primary amides is 1. The Morgan fingerprint density at radius 1 is 1.31 bits per heavy atom. The molecule has 2 aliphatic rings. The molecular formula is C23H31ClN6O4S. The van der Waals surface area contributed by atoms with Gasteiger partial charge in [-0.3, -0.25) is 0 Å². The van der Waals surface area contributed by atoms with Gasteiger partial charge in [-0.1, -0.05) is 30.3 Å². The standard InChI is InChI=1S/C23H31ClN6O4S/c1-13-21(35-17-4-7-26-20(18(17)24)30-10-15(32)11-30)28-16(12-31)19(27-13)29-8-5-23(3,6-9-29)14(2)34-22(25)33/h4,7,14-15,31-32H,5-6,8-12H2,1-3H3,(H2,25,33). The number of pyridine rings is 1. The van der Waals surface area contributed by atoms with Crippen molar-refractivity contribution in [2.75, 3.05) is 36.0 Å². The fourth-order valence-electron chi connectivity index (χ4n) is 4.38. The number of nitrogens with two attached hydrogens (primary N) is 1. The minimum absolute atomic E-state index is 0.189. The number of hydrogen-bond donors (Lipinski definition) is 3. The lowest BCUT2D eigenvalue weighted by atomic mass is 9.76. The van der Waals surface area contributed by atoms with E-state index in [1.807, 2.05) is 24.8 Å². The molecular weight excluding hydrogens is 492 g/mol. The highest BCUT2D eigenvalue weighted by atomic mass is 35.5. The smallest absolute Gasteiger partial charge is 0.404 e. The highest BCUT2D eigenvalue weighted by Crippen LogP contribution is 2.41. The zero-order valence-corrected chi connectivity index (χ0v) is 21.6. The number of hydrogen-bond acceptors (Lipinski definition) is 10. The van der Waals surface area contributed by atoms with Crippen LogP contribution in [0.1, 0.15) is 38.1 Å². The quantitative estimate of drug-likeness (QED) is 0.497. The second-order valence-corrected chi connectivity index (χ2v) is 10.8. The van der Waals surface area contributed by atoms with Crippen molar-refractivity contribution in [2.24, 2.45) is 11.1 Å². The minimum Gasteiger partial charge on any atom is -0.446 e. The van der Waals surface area contributed by atoms with Crippen LogP contribution >= 0.6 is 23.4 Å². The SMILES string of the molecule is Cc1nc(N2CCC(C)(C(C)OC(N)=O)CC2)c(CO)nc1Sc1ccnc(N2CC(O)C2)c1Cl. The van der Waals surface area contributed by atoms with Crippen LogP contribution in [-0.2, 0) is 11.3 Å². The summed E-state index contributed by atoms with van der Waals surface area (Å²) < 4.78 is 5.24. The lowest BCUT2D eigenvalue weighted by Crippen LogP contribution is -2.51. The van der Waals surface area contributed by atoms with Crippen LogP contribution in [0.25, 0.3) is 0 Å². The molecule has 4 rings (SSSR count). The third-order valence-corrected chi connectivity index (χ3v) is 8.54. The van der Waals surface area contributed by atoms with Crippen molar-refractivity contribution >= 4 is 41.1 Å². The summed E-state index contributed by atoms with van der Waals surface area (Å²) in [6, 6.07) is 1.82. The van der Waals surface area contributed by atoms with Gasteiger partial charge in [-0.25, -0.2) is 19.7 Å². The molecule has 2 saturated heterocycles. The molecule has 0 saturated carbocycles. The number of aliphatic hydroxyl groups excluding tert-OH is 2. The molecule has 12 heteroatoms. The average Bonchev–Trinajstić information content (AvgIpc) is 2.79. The number of piperidine rings is 1. The van der Waals surface area contributed by atoms with Gasteiger partial charge in [0.25, 0.3) is 0 Å². The van der Waals surface area contributed by atoms with Crippen molar-refractivity contribution in [1.82, 2.24) is 15.0 Å². The Hall–Kier alpha value is -2.34. The fraction of sp³-hybridized carbons (Fsp3) is 0.565. The number of aromatic nitrogens is 3. The van der Waals surface area contributed by atoms with E-state index in [1.54, 1.807) is 6.20 Å². The van der Waals surface area contributed by atoms with E-state index in [0.29, 0.717) is 53.6 Å². The number of ether oxygens (including phenoxy) is 1. The first-order chi connectivity index (χ1) is 16.6. The van der Waals surface area contributed by atoms with Gasteiger partial charge in [-0.15, -0.1) is 0 Å². The maximum atomic E-state index is 11.2. The second-order valence-electron chi connectivity index (χ2n) is 9.37. The molecule has 1 unspecified atom stereocenters. The number of aryl methyl sites for hydroxylation is 1. The first-order valence-electron chi connectivity index (χ1n) is 11.6. The third kappa shape index (κ3) is 5.42. The molecule has 1 amide bonds. The molecule has 10 nitrogen and oxygen atoms in total. The fourth-order valence-corrected chi connectivity index (χ4v) is 5.59. The molecule has 4 N–H and O–H groups in total. The Morgan fingerprint density at radius 3 is 2.60 bits per heavy atom. The van der Waals surface area contributed by atoms with Crippen LogP contribution in [0.4, 0.5) is 16.4 Å². The molecule has 190 valence electrons. The summed E-state index contributed by atoms with van der Waals surface area (Å²) in [6.07, 6.45) is 1.84. The van der Waals surface area contributed by atoms with Crippen LogP contribution in [0.15, 0.2) is 22.2 Å². The van der Waals surface area contributed by atoms with Gasteiger partial charge in [-0.05, 0) is 32.8 Å². The molecule has 0 aliphatic carbocycles. The molecule has 0 radical (unpaired) electrons. The minimum atomic E-state index is -0.762. The van der Waals surface area contributed by atoms with Gasteiger partial charge in [0.2, 0.25) is 0 Å². The summed E-state index contributed by atoms with van der Waals surface area (Å²) in [4.78, 5) is 29.9. The Kier molecular flexibility index (Phi) is 7.60. The first kappa shape index (κ1) is 25.7. The predicted octanol–water partition coefficient (Wildman–Crippen LogP) is 2.75. The predicted molar refractivity (Wildman–Crippen MR) is 134 cm³/mol. The van der Waals surface area contributed by atoms with Crippen LogP contribution in [-0.4, -0.2) is 69.6 Å². The number of β-amino-alcohol motifs (C(OH)–C–C–N with tert-alkyl or cyclic N) is 1. The highest BCUT2D eigenvalue weighted by molar-refractivity contribution is 7.99. The van der Waals surface area contributed by atoms with Crippen LogP contribution in [0.3, 0.4) is 0 Å². The summed E-state index contributed by atoms with van der Waals surface area (Å²) in [5.41, 5.74) is 6.25. The molecule has 2 aromatic rings. The maximum absolute atomic E-state index is 11.2. The molecule has 2 aliphatic heterocycles. The zero-order chi connectivity index (χ0) is 25.3. The summed E-state index contributed by atoms with van der Waals surface area (Å²) in [5, 5.41) is 20.8. The first-order valence-corrected chi connectivity index (χ1v) is 12.8. The van der Waals surface area contributed by atoms with Crippen LogP contribution in [0, 0.1) is 12.3 Å². The van der Waals surface area contributed by atoms with E-state index in [-0.39, 0.29) is 24.2 Å².